The first-order valence-electron chi connectivity index (χ1n) is 5.56. The Morgan fingerprint density at radius 2 is 2.17 bits per heavy atom. The molecule has 18 heavy (non-hydrogen) atoms. The van der Waals surface area contributed by atoms with Crippen LogP contribution in [0.2, 0.25) is 0 Å². The Morgan fingerprint density at radius 3 is 2.72 bits per heavy atom. The van der Waals surface area contributed by atoms with Crippen molar-refractivity contribution in [1.82, 2.24) is 0 Å². The van der Waals surface area contributed by atoms with Crippen molar-refractivity contribution in [3.63, 3.8) is 0 Å². The predicted octanol–water partition coefficient (Wildman–Crippen LogP) is 2.52. The van der Waals surface area contributed by atoms with Gasteiger partial charge in [-0.2, -0.15) is 0 Å². The van der Waals surface area contributed by atoms with Crippen LogP contribution in [0.1, 0.15) is 21.5 Å². The minimum absolute atomic E-state index is 0.0268. The van der Waals surface area contributed by atoms with Crippen molar-refractivity contribution in [3.8, 4) is 0 Å². The zero-order valence-corrected chi connectivity index (χ0v) is 11.1. The van der Waals surface area contributed by atoms with Gasteiger partial charge in [-0.25, -0.2) is 4.79 Å². The van der Waals surface area contributed by atoms with E-state index in [2.05, 4.69) is 0 Å². The smallest absolute Gasteiger partial charge is 0.338 e. The number of hydrogen-bond acceptors (Lipinski definition) is 5. The summed E-state index contributed by atoms with van der Waals surface area (Å²) < 4.78 is 28.5. The van der Waals surface area contributed by atoms with Gasteiger partial charge in [0.2, 0.25) is 0 Å². The Morgan fingerprint density at radius 1 is 1.44 bits per heavy atom. The molecule has 1 aromatic carbocycles. The molecule has 100 valence electrons. The van der Waals surface area contributed by atoms with Crippen molar-refractivity contribution in [1.29, 1.82) is 0 Å². The number of benzene rings is 1. The number of ether oxygens (including phenoxy) is 1. The molecule has 0 amide bonds. The summed E-state index contributed by atoms with van der Waals surface area (Å²) >= 11 is 0. The summed E-state index contributed by atoms with van der Waals surface area (Å²) in [5.41, 5.74) is 2.40. The van der Waals surface area contributed by atoms with Crippen LogP contribution in [0.5, 0.6) is 0 Å². The average molecular weight is 272 g/mol. The van der Waals surface area contributed by atoms with E-state index in [1.54, 1.807) is 6.07 Å². The fourth-order valence-corrected chi connectivity index (χ4v) is 2.96. The highest BCUT2D eigenvalue weighted by Gasteiger charge is 2.35. The topological polar surface area (TPSA) is 76.0 Å². The number of rotatable bonds is 2. The Kier molecular flexibility index (Phi) is 3.63. The van der Waals surface area contributed by atoms with Crippen molar-refractivity contribution in [2.45, 2.75) is 20.0 Å². The lowest BCUT2D eigenvalue weighted by Gasteiger charge is -2.17. The zero-order valence-electron chi connectivity index (χ0n) is 10.3. The molecule has 0 aromatic heterocycles. The highest BCUT2D eigenvalue weighted by Crippen LogP contribution is 2.46. The van der Waals surface area contributed by atoms with Gasteiger partial charge in [-0.15, -0.1) is 0 Å². The molecule has 1 unspecified atom stereocenters. The molecular formula is C12H16O5S. The van der Waals surface area contributed by atoms with Gasteiger partial charge < -0.3 is 13.8 Å². The molecule has 1 aliphatic heterocycles. The third-order valence-electron chi connectivity index (χ3n) is 2.72. The Hall–Kier alpha value is -1.08. The molecule has 0 aliphatic carbocycles. The van der Waals surface area contributed by atoms with Gasteiger partial charge in [-0.3, -0.25) is 4.18 Å². The van der Waals surface area contributed by atoms with Gasteiger partial charge in [0.05, 0.1) is 22.2 Å². The second kappa shape index (κ2) is 4.89. The summed E-state index contributed by atoms with van der Waals surface area (Å²) in [6.45, 7) is 3.81. The van der Waals surface area contributed by atoms with Crippen LogP contribution in [0.25, 0.3) is 0 Å². The highest BCUT2D eigenvalue weighted by atomic mass is 32.3. The maximum absolute atomic E-state index is 11.9. The van der Waals surface area contributed by atoms with Gasteiger partial charge in [0.25, 0.3) is 0 Å². The Balaban J connectivity index is 2.04. The van der Waals surface area contributed by atoms with E-state index in [4.69, 9.17) is 8.92 Å². The van der Waals surface area contributed by atoms with Crippen molar-refractivity contribution >= 4 is 16.8 Å². The van der Waals surface area contributed by atoms with E-state index in [9.17, 15) is 13.9 Å². The molecule has 1 aromatic rings. The average Bonchev–Trinajstić information content (AvgIpc) is 2.57. The van der Waals surface area contributed by atoms with Gasteiger partial charge in [-0.1, -0.05) is 17.7 Å². The Labute approximate surface area is 107 Å². The first-order valence-corrected chi connectivity index (χ1v) is 7.20. The molecule has 6 heteroatoms. The zero-order chi connectivity index (χ0) is 13.3. The van der Waals surface area contributed by atoms with E-state index in [1.165, 1.54) is 0 Å². The maximum atomic E-state index is 11.9. The lowest BCUT2D eigenvalue weighted by Crippen LogP contribution is -2.21. The van der Waals surface area contributed by atoms with E-state index in [1.807, 2.05) is 26.0 Å². The SMILES string of the molecule is Cc1ccc(C(=O)OC2COS(O)(O)C2)c(C)c1. The van der Waals surface area contributed by atoms with Crippen LogP contribution >= 0.6 is 10.9 Å². The summed E-state index contributed by atoms with van der Waals surface area (Å²) in [6, 6.07) is 5.44. The minimum Gasteiger partial charge on any atom is -0.455 e. The molecule has 1 saturated heterocycles. The first-order chi connectivity index (χ1) is 8.37. The molecule has 2 rings (SSSR count). The number of carbonyl (C=O) groups is 1. The molecule has 0 spiro atoms. The summed E-state index contributed by atoms with van der Waals surface area (Å²) in [5.74, 6) is -0.512. The minimum atomic E-state index is -3.02. The van der Waals surface area contributed by atoms with Gasteiger partial charge in [0.1, 0.15) is 12.7 Å². The third kappa shape index (κ3) is 3.02. The van der Waals surface area contributed by atoms with Crippen molar-refractivity contribution in [2.75, 3.05) is 12.4 Å². The number of esters is 1. The molecule has 0 saturated carbocycles. The quantitative estimate of drug-likeness (QED) is 0.809. The van der Waals surface area contributed by atoms with E-state index in [0.29, 0.717) is 5.56 Å². The van der Waals surface area contributed by atoms with Crippen molar-refractivity contribution in [2.24, 2.45) is 0 Å². The largest absolute Gasteiger partial charge is 0.455 e. The van der Waals surface area contributed by atoms with Crippen LogP contribution in [0.4, 0.5) is 0 Å². The molecule has 0 radical (unpaired) electrons. The van der Waals surface area contributed by atoms with Crippen LogP contribution in [0.3, 0.4) is 0 Å². The molecule has 2 N–H and O–H groups in total. The molecular weight excluding hydrogens is 256 g/mol. The van der Waals surface area contributed by atoms with Crippen molar-refractivity contribution in [3.05, 3.63) is 34.9 Å². The van der Waals surface area contributed by atoms with Crippen molar-refractivity contribution < 1.29 is 22.8 Å². The number of aryl methyl sites for hydroxylation is 2. The summed E-state index contributed by atoms with van der Waals surface area (Å²) in [4.78, 5) is 11.9. The fraction of sp³-hybridized carbons (Fsp3) is 0.417. The molecule has 5 nitrogen and oxygen atoms in total. The molecule has 0 bridgehead atoms. The molecule has 1 aliphatic rings. The lowest BCUT2D eigenvalue weighted by atomic mass is 10.1. The summed E-state index contributed by atoms with van der Waals surface area (Å²) in [6.07, 6.45) is -0.594. The van der Waals surface area contributed by atoms with E-state index < -0.39 is 22.9 Å². The second-order valence-electron chi connectivity index (χ2n) is 4.40. The molecule has 1 heterocycles. The monoisotopic (exact) mass is 272 g/mol. The fourth-order valence-electron chi connectivity index (χ4n) is 1.85. The maximum Gasteiger partial charge on any atom is 0.338 e. The van der Waals surface area contributed by atoms with Gasteiger partial charge in [-0.05, 0) is 25.5 Å². The van der Waals surface area contributed by atoms with Gasteiger partial charge in [0.15, 0.2) is 0 Å². The highest BCUT2D eigenvalue weighted by molar-refractivity contribution is 8.20. The van der Waals surface area contributed by atoms with Crippen LogP contribution in [-0.4, -0.2) is 33.5 Å². The van der Waals surface area contributed by atoms with Crippen LogP contribution in [-0.2, 0) is 8.92 Å². The normalized spacial score (nSPS) is 23.7. The Bertz CT molecular complexity index is 472. The standard InChI is InChI=1S/C12H16O5S/c1-8-3-4-11(9(2)5-8)12(13)17-10-6-16-18(14,15)7-10/h3-5,10,14-15H,6-7H2,1-2H3. The van der Waals surface area contributed by atoms with Crippen LogP contribution in [0, 0.1) is 13.8 Å². The number of hydrogen-bond donors (Lipinski definition) is 2. The van der Waals surface area contributed by atoms with Gasteiger partial charge >= 0.3 is 5.97 Å². The second-order valence-corrected chi connectivity index (χ2v) is 6.19. The summed E-state index contributed by atoms with van der Waals surface area (Å²) in [7, 11) is -3.02. The van der Waals surface area contributed by atoms with Gasteiger partial charge in [0, 0.05) is 0 Å². The van der Waals surface area contributed by atoms with E-state index in [-0.39, 0.29) is 12.4 Å². The first kappa shape index (κ1) is 13.4. The van der Waals surface area contributed by atoms with Crippen LogP contribution < -0.4 is 0 Å². The lowest BCUT2D eigenvalue weighted by molar-refractivity contribution is 0.0300. The third-order valence-corrected chi connectivity index (χ3v) is 4.04. The molecule has 1 fully saturated rings. The van der Waals surface area contributed by atoms with Crippen LogP contribution in [0.15, 0.2) is 18.2 Å². The predicted molar refractivity (Wildman–Crippen MR) is 68.8 cm³/mol. The number of carbonyl (C=O) groups excluding carboxylic acids is 1. The molecule has 1 atom stereocenters. The van der Waals surface area contributed by atoms with E-state index >= 15 is 0 Å². The summed E-state index contributed by atoms with van der Waals surface area (Å²) in [5, 5.41) is 0. The van der Waals surface area contributed by atoms with E-state index in [0.717, 1.165) is 11.1 Å².